The Hall–Kier alpha value is -2.07. The summed E-state index contributed by atoms with van der Waals surface area (Å²) in [6.07, 6.45) is 1.20. The van der Waals surface area contributed by atoms with E-state index in [4.69, 9.17) is 0 Å². The van der Waals surface area contributed by atoms with Gasteiger partial charge in [0.05, 0.1) is 0 Å². The van der Waals surface area contributed by atoms with Gasteiger partial charge >= 0.3 is 0 Å². The molecule has 1 aromatic carbocycles. The molecule has 3 heterocycles. The van der Waals surface area contributed by atoms with Crippen LogP contribution in [-0.2, 0) is 13.1 Å². The topological polar surface area (TPSA) is 46.1 Å². The lowest BCUT2D eigenvalue weighted by atomic mass is 9.84. The highest BCUT2D eigenvalue weighted by molar-refractivity contribution is 5.45. The Bertz CT molecular complexity index is 723. The van der Waals surface area contributed by atoms with Crippen LogP contribution in [0.1, 0.15) is 23.6 Å². The summed E-state index contributed by atoms with van der Waals surface area (Å²) in [5, 5.41) is 6.88. The van der Waals surface area contributed by atoms with Crippen molar-refractivity contribution in [3.8, 4) is 0 Å². The van der Waals surface area contributed by atoms with Gasteiger partial charge in [-0.3, -0.25) is 4.79 Å². The van der Waals surface area contributed by atoms with Crippen LogP contribution >= 0.6 is 0 Å². The molecule has 2 aromatic rings. The van der Waals surface area contributed by atoms with Gasteiger partial charge in [0, 0.05) is 43.0 Å². The second-order valence-corrected chi connectivity index (χ2v) is 6.41. The molecule has 4 heteroatoms. The van der Waals surface area contributed by atoms with E-state index in [9.17, 15) is 4.79 Å². The molecule has 22 heavy (non-hydrogen) atoms. The van der Waals surface area contributed by atoms with Crippen LogP contribution in [0.5, 0.6) is 0 Å². The zero-order valence-corrected chi connectivity index (χ0v) is 12.6. The van der Waals surface area contributed by atoms with Crippen LogP contribution in [0.2, 0.25) is 0 Å². The number of fused-ring (bicyclic) bond motifs is 4. The molecule has 1 aromatic heterocycles. The van der Waals surface area contributed by atoms with E-state index in [1.807, 2.05) is 22.8 Å². The quantitative estimate of drug-likeness (QED) is 0.912. The van der Waals surface area contributed by atoms with Gasteiger partial charge in [0.2, 0.25) is 0 Å². The summed E-state index contributed by atoms with van der Waals surface area (Å²) in [6, 6.07) is 14.2. The van der Waals surface area contributed by atoms with Crippen molar-refractivity contribution in [3.63, 3.8) is 0 Å². The molecule has 4 rings (SSSR count). The summed E-state index contributed by atoms with van der Waals surface area (Å²) in [4.78, 5) is 12.4. The standard InChI is InChI=1S/C18H21N3O/c22-18-8-16(20-10-13-4-2-1-3-5-13)7-17-15-6-14(9-19-11-15)12-21(17)18/h1-5,7-8,14-15,19-20H,6,9-12H2/t14?,15-/m0/s1. The summed E-state index contributed by atoms with van der Waals surface area (Å²) >= 11 is 0. The number of rotatable bonds is 3. The molecule has 0 amide bonds. The predicted octanol–water partition coefficient (Wildman–Crippen LogP) is 2.17. The molecular formula is C18H21N3O. The Kier molecular flexibility index (Phi) is 3.47. The predicted molar refractivity (Wildman–Crippen MR) is 88.2 cm³/mol. The number of anilines is 1. The highest BCUT2D eigenvalue weighted by atomic mass is 16.1. The fourth-order valence-electron chi connectivity index (χ4n) is 3.71. The van der Waals surface area contributed by atoms with E-state index in [1.54, 1.807) is 6.07 Å². The van der Waals surface area contributed by atoms with Gasteiger partial charge in [0.1, 0.15) is 0 Å². The van der Waals surface area contributed by atoms with Crippen molar-refractivity contribution < 1.29 is 0 Å². The van der Waals surface area contributed by atoms with Gasteiger partial charge < -0.3 is 15.2 Å². The number of aromatic nitrogens is 1. The van der Waals surface area contributed by atoms with Crippen molar-refractivity contribution in [2.24, 2.45) is 5.92 Å². The average molecular weight is 295 g/mol. The van der Waals surface area contributed by atoms with E-state index >= 15 is 0 Å². The zero-order valence-electron chi connectivity index (χ0n) is 12.6. The molecule has 2 aliphatic heterocycles. The lowest BCUT2D eigenvalue weighted by Crippen LogP contribution is -2.44. The largest absolute Gasteiger partial charge is 0.381 e. The van der Waals surface area contributed by atoms with E-state index in [2.05, 4.69) is 28.8 Å². The monoisotopic (exact) mass is 295 g/mol. The Balaban J connectivity index is 1.60. The van der Waals surface area contributed by atoms with Crippen LogP contribution in [-0.4, -0.2) is 17.7 Å². The molecule has 1 saturated heterocycles. The molecular weight excluding hydrogens is 274 g/mol. The van der Waals surface area contributed by atoms with Crippen LogP contribution in [0.4, 0.5) is 5.69 Å². The molecule has 2 bridgehead atoms. The van der Waals surface area contributed by atoms with E-state index in [0.29, 0.717) is 11.8 Å². The number of nitrogens with zero attached hydrogens (tertiary/aromatic N) is 1. The summed E-state index contributed by atoms with van der Waals surface area (Å²) in [5.74, 6) is 1.07. The second-order valence-electron chi connectivity index (χ2n) is 6.41. The first-order valence-corrected chi connectivity index (χ1v) is 8.03. The number of pyridine rings is 1. The van der Waals surface area contributed by atoms with Crippen LogP contribution in [0, 0.1) is 5.92 Å². The molecule has 0 spiro atoms. The molecule has 2 aliphatic rings. The smallest absolute Gasteiger partial charge is 0.252 e. The molecule has 2 atom stereocenters. The molecule has 0 radical (unpaired) electrons. The van der Waals surface area contributed by atoms with Crippen molar-refractivity contribution >= 4 is 5.69 Å². The van der Waals surface area contributed by atoms with Crippen molar-refractivity contribution in [1.29, 1.82) is 0 Å². The first kappa shape index (κ1) is 13.6. The van der Waals surface area contributed by atoms with Crippen molar-refractivity contribution in [3.05, 3.63) is 64.1 Å². The number of benzene rings is 1. The lowest BCUT2D eigenvalue weighted by molar-refractivity contribution is 0.257. The third-order valence-electron chi connectivity index (χ3n) is 4.80. The second kappa shape index (κ2) is 5.61. The summed E-state index contributed by atoms with van der Waals surface area (Å²) in [5.41, 5.74) is 3.47. The zero-order chi connectivity index (χ0) is 14.9. The van der Waals surface area contributed by atoms with E-state index in [-0.39, 0.29) is 5.56 Å². The summed E-state index contributed by atoms with van der Waals surface area (Å²) < 4.78 is 1.98. The van der Waals surface area contributed by atoms with Crippen LogP contribution in [0.15, 0.2) is 47.3 Å². The minimum absolute atomic E-state index is 0.129. The van der Waals surface area contributed by atoms with Gasteiger partial charge in [0.25, 0.3) is 5.56 Å². The molecule has 114 valence electrons. The molecule has 1 unspecified atom stereocenters. The first-order valence-electron chi connectivity index (χ1n) is 8.03. The molecule has 2 N–H and O–H groups in total. The average Bonchev–Trinajstić information content (AvgIpc) is 2.55. The SMILES string of the molecule is O=c1cc(NCc2ccccc2)cc2n1CC1CNC[C@@H]2C1. The molecule has 1 fully saturated rings. The Labute approximate surface area is 130 Å². The summed E-state index contributed by atoms with van der Waals surface area (Å²) in [6.45, 7) is 3.63. The number of hydrogen-bond acceptors (Lipinski definition) is 3. The fraction of sp³-hybridized carbons (Fsp3) is 0.389. The Morgan fingerprint density at radius 2 is 2.05 bits per heavy atom. The van der Waals surface area contributed by atoms with E-state index in [0.717, 1.165) is 31.9 Å². The fourth-order valence-corrected chi connectivity index (χ4v) is 3.71. The highest BCUT2D eigenvalue weighted by Crippen LogP contribution is 2.32. The van der Waals surface area contributed by atoms with Gasteiger partial charge in [-0.25, -0.2) is 0 Å². The van der Waals surface area contributed by atoms with Gasteiger partial charge in [-0.1, -0.05) is 30.3 Å². The number of hydrogen-bond donors (Lipinski definition) is 2. The third-order valence-corrected chi connectivity index (χ3v) is 4.80. The number of piperidine rings is 1. The highest BCUT2D eigenvalue weighted by Gasteiger charge is 2.30. The minimum atomic E-state index is 0.129. The normalized spacial score (nSPS) is 22.9. The van der Waals surface area contributed by atoms with E-state index < -0.39 is 0 Å². The van der Waals surface area contributed by atoms with Crippen LogP contribution < -0.4 is 16.2 Å². The lowest BCUT2D eigenvalue weighted by Gasteiger charge is -2.37. The maximum Gasteiger partial charge on any atom is 0.252 e. The summed E-state index contributed by atoms with van der Waals surface area (Å²) in [7, 11) is 0. The number of nitrogens with one attached hydrogen (secondary N) is 2. The van der Waals surface area contributed by atoms with Crippen molar-refractivity contribution in [2.75, 3.05) is 18.4 Å². The maximum absolute atomic E-state index is 12.4. The Morgan fingerprint density at radius 3 is 2.91 bits per heavy atom. The van der Waals surface area contributed by atoms with Gasteiger partial charge in [-0.15, -0.1) is 0 Å². The molecule has 0 saturated carbocycles. The molecule has 0 aliphatic carbocycles. The van der Waals surface area contributed by atoms with Gasteiger partial charge in [-0.2, -0.15) is 0 Å². The van der Waals surface area contributed by atoms with E-state index in [1.165, 1.54) is 17.7 Å². The molecule has 4 nitrogen and oxygen atoms in total. The first-order chi connectivity index (χ1) is 10.8. The van der Waals surface area contributed by atoms with Gasteiger partial charge in [0.15, 0.2) is 0 Å². The maximum atomic E-state index is 12.4. The van der Waals surface area contributed by atoms with Crippen LogP contribution in [0.25, 0.3) is 0 Å². The van der Waals surface area contributed by atoms with Crippen molar-refractivity contribution in [2.45, 2.75) is 25.4 Å². The Morgan fingerprint density at radius 1 is 1.18 bits per heavy atom. The van der Waals surface area contributed by atoms with Crippen molar-refractivity contribution in [1.82, 2.24) is 9.88 Å². The third kappa shape index (κ3) is 2.55. The van der Waals surface area contributed by atoms with Crippen LogP contribution in [0.3, 0.4) is 0 Å². The minimum Gasteiger partial charge on any atom is -0.381 e. The van der Waals surface area contributed by atoms with Gasteiger partial charge in [-0.05, 0) is 30.5 Å².